The third-order valence-corrected chi connectivity index (χ3v) is 3.30. The minimum absolute atomic E-state index is 0.0723. The lowest BCUT2D eigenvalue weighted by Crippen LogP contribution is -2.11. The number of carbonyl (C=O) groups excluding carboxylic acids is 1. The van der Waals surface area contributed by atoms with Gasteiger partial charge in [0.05, 0.1) is 10.7 Å². The van der Waals surface area contributed by atoms with Gasteiger partial charge in [0, 0.05) is 17.3 Å². The molecule has 0 heterocycles. The molecule has 1 aromatic carbocycles. The number of hydrogen-bond donors (Lipinski definition) is 1. The Labute approximate surface area is 116 Å². The summed E-state index contributed by atoms with van der Waals surface area (Å²) in [7, 11) is 0. The van der Waals surface area contributed by atoms with Gasteiger partial charge in [-0.15, -0.1) is 11.6 Å². The second-order valence-corrected chi connectivity index (χ2v) is 4.97. The summed E-state index contributed by atoms with van der Waals surface area (Å²) < 4.78 is 0. The Bertz CT molecular complexity index is 407. The molecule has 1 aromatic rings. The summed E-state index contributed by atoms with van der Waals surface area (Å²) in [5.74, 6) is 0.502. The van der Waals surface area contributed by atoms with Crippen LogP contribution >= 0.6 is 34.8 Å². The number of carbonyl (C=O) groups is 1. The molecule has 0 saturated carbocycles. The molecule has 94 valence electrons. The molecule has 5 heteroatoms. The Balaban J connectivity index is 2.62. The van der Waals surface area contributed by atoms with Gasteiger partial charge in [0.25, 0.3) is 0 Å². The monoisotopic (exact) mass is 293 g/mol. The molecule has 0 aliphatic carbocycles. The number of hydrogen-bond acceptors (Lipinski definition) is 1. The number of rotatable bonds is 5. The first-order chi connectivity index (χ1) is 8.04. The standard InChI is InChI=1S/C12H14Cl3NO/c1-8-6-10(15)11(7-9(8)14)16-12(17)4-2-3-5-13/h6-7H,2-5H2,1H3,(H,16,17). The van der Waals surface area contributed by atoms with E-state index in [0.717, 1.165) is 18.4 Å². The van der Waals surface area contributed by atoms with E-state index in [1.807, 2.05) is 6.92 Å². The summed E-state index contributed by atoms with van der Waals surface area (Å²) in [6.07, 6.45) is 2.04. The van der Waals surface area contributed by atoms with Crippen molar-refractivity contribution in [3.8, 4) is 0 Å². The quantitative estimate of drug-likeness (QED) is 0.621. The van der Waals surface area contributed by atoms with Gasteiger partial charge in [0.2, 0.25) is 5.91 Å². The van der Waals surface area contributed by atoms with E-state index in [-0.39, 0.29) is 5.91 Å². The number of unbranched alkanes of at least 4 members (excludes halogenated alkanes) is 1. The SMILES string of the molecule is Cc1cc(Cl)c(NC(=O)CCCCCl)cc1Cl. The van der Waals surface area contributed by atoms with Gasteiger partial charge in [-0.1, -0.05) is 23.2 Å². The number of halogens is 3. The molecule has 0 radical (unpaired) electrons. The van der Waals surface area contributed by atoms with Crippen LogP contribution in [0.2, 0.25) is 10.0 Å². The van der Waals surface area contributed by atoms with Gasteiger partial charge in [-0.3, -0.25) is 4.79 Å². The normalized spacial score (nSPS) is 10.4. The van der Waals surface area contributed by atoms with E-state index in [4.69, 9.17) is 34.8 Å². The van der Waals surface area contributed by atoms with Gasteiger partial charge in [0.1, 0.15) is 0 Å². The largest absolute Gasteiger partial charge is 0.325 e. The number of nitrogens with one attached hydrogen (secondary N) is 1. The zero-order chi connectivity index (χ0) is 12.8. The fourth-order valence-corrected chi connectivity index (χ4v) is 1.95. The second-order valence-electron chi connectivity index (χ2n) is 3.78. The molecule has 1 amide bonds. The maximum absolute atomic E-state index is 11.6. The molecular formula is C12H14Cl3NO. The average Bonchev–Trinajstić information content (AvgIpc) is 2.26. The van der Waals surface area contributed by atoms with E-state index in [1.165, 1.54) is 0 Å². The van der Waals surface area contributed by atoms with Crippen molar-refractivity contribution in [2.24, 2.45) is 0 Å². The van der Waals surface area contributed by atoms with Crippen molar-refractivity contribution in [3.05, 3.63) is 27.7 Å². The van der Waals surface area contributed by atoms with E-state index in [9.17, 15) is 4.79 Å². The summed E-state index contributed by atoms with van der Waals surface area (Å²) in [5.41, 5.74) is 1.44. The van der Waals surface area contributed by atoms with Crippen molar-refractivity contribution in [3.63, 3.8) is 0 Å². The Morgan fingerprint density at radius 1 is 1.24 bits per heavy atom. The van der Waals surface area contributed by atoms with E-state index in [2.05, 4.69) is 5.32 Å². The van der Waals surface area contributed by atoms with Crippen LogP contribution < -0.4 is 5.32 Å². The molecule has 0 atom stereocenters. The lowest BCUT2D eigenvalue weighted by atomic mass is 10.2. The van der Waals surface area contributed by atoms with E-state index < -0.39 is 0 Å². The van der Waals surface area contributed by atoms with Gasteiger partial charge >= 0.3 is 0 Å². The zero-order valence-electron chi connectivity index (χ0n) is 9.53. The smallest absolute Gasteiger partial charge is 0.224 e. The molecule has 0 aliphatic heterocycles. The van der Waals surface area contributed by atoms with Crippen molar-refractivity contribution in [2.45, 2.75) is 26.2 Å². The summed E-state index contributed by atoms with van der Waals surface area (Å²) in [6.45, 7) is 1.86. The predicted octanol–water partition coefficient (Wildman–Crippen LogP) is 4.65. The lowest BCUT2D eigenvalue weighted by molar-refractivity contribution is -0.116. The summed E-state index contributed by atoms with van der Waals surface area (Å²) in [4.78, 5) is 11.6. The van der Waals surface area contributed by atoms with Crippen LogP contribution in [0.25, 0.3) is 0 Å². The fraction of sp³-hybridized carbons (Fsp3) is 0.417. The van der Waals surface area contributed by atoms with Crippen molar-refractivity contribution >= 4 is 46.4 Å². The molecule has 0 unspecified atom stereocenters. The summed E-state index contributed by atoms with van der Waals surface area (Å²) in [6, 6.07) is 3.40. The molecule has 0 saturated heterocycles. The van der Waals surface area contributed by atoms with E-state index >= 15 is 0 Å². The Morgan fingerprint density at radius 2 is 1.94 bits per heavy atom. The van der Waals surface area contributed by atoms with Crippen LogP contribution in [0.4, 0.5) is 5.69 Å². The highest BCUT2D eigenvalue weighted by molar-refractivity contribution is 6.36. The van der Waals surface area contributed by atoms with Gasteiger partial charge in [-0.25, -0.2) is 0 Å². The molecule has 0 aliphatic rings. The second kappa shape index (κ2) is 7.10. The van der Waals surface area contributed by atoms with Crippen LogP contribution in [0.15, 0.2) is 12.1 Å². The Kier molecular flexibility index (Phi) is 6.10. The van der Waals surface area contributed by atoms with Gasteiger partial charge < -0.3 is 5.32 Å². The molecule has 1 N–H and O–H groups in total. The minimum Gasteiger partial charge on any atom is -0.325 e. The third-order valence-electron chi connectivity index (χ3n) is 2.31. The molecule has 2 nitrogen and oxygen atoms in total. The van der Waals surface area contributed by atoms with Crippen LogP contribution in [-0.2, 0) is 4.79 Å². The Hall–Kier alpha value is -0.440. The van der Waals surface area contributed by atoms with Crippen LogP contribution in [0.3, 0.4) is 0 Å². The molecule has 0 aromatic heterocycles. The van der Waals surface area contributed by atoms with Crippen molar-refractivity contribution in [1.82, 2.24) is 0 Å². The first-order valence-corrected chi connectivity index (χ1v) is 6.65. The number of aryl methyl sites for hydroxylation is 1. The zero-order valence-corrected chi connectivity index (χ0v) is 11.8. The first kappa shape index (κ1) is 14.6. The van der Waals surface area contributed by atoms with E-state index in [0.29, 0.717) is 28.0 Å². The maximum atomic E-state index is 11.6. The number of anilines is 1. The molecule has 0 bridgehead atoms. The van der Waals surface area contributed by atoms with Crippen molar-refractivity contribution in [2.75, 3.05) is 11.2 Å². The predicted molar refractivity (Wildman–Crippen MR) is 74.4 cm³/mol. The van der Waals surface area contributed by atoms with Crippen LogP contribution in [-0.4, -0.2) is 11.8 Å². The van der Waals surface area contributed by atoms with Gasteiger partial charge in [-0.05, 0) is 37.5 Å². The Morgan fingerprint density at radius 3 is 2.59 bits per heavy atom. The minimum atomic E-state index is -0.0723. The highest BCUT2D eigenvalue weighted by Crippen LogP contribution is 2.28. The molecule has 0 fully saturated rings. The molecule has 1 rings (SSSR count). The van der Waals surface area contributed by atoms with Gasteiger partial charge in [0.15, 0.2) is 0 Å². The topological polar surface area (TPSA) is 29.1 Å². The summed E-state index contributed by atoms with van der Waals surface area (Å²) in [5, 5.41) is 3.82. The molecular weight excluding hydrogens is 280 g/mol. The number of amides is 1. The average molecular weight is 295 g/mol. The number of benzene rings is 1. The van der Waals surface area contributed by atoms with Gasteiger partial charge in [-0.2, -0.15) is 0 Å². The first-order valence-electron chi connectivity index (χ1n) is 5.36. The highest BCUT2D eigenvalue weighted by atomic mass is 35.5. The third kappa shape index (κ3) is 4.74. The number of alkyl halides is 1. The fourth-order valence-electron chi connectivity index (χ4n) is 1.33. The molecule has 0 spiro atoms. The maximum Gasteiger partial charge on any atom is 0.224 e. The van der Waals surface area contributed by atoms with Crippen molar-refractivity contribution in [1.29, 1.82) is 0 Å². The highest BCUT2D eigenvalue weighted by Gasteiger charge is 2.08. The molecule has 17 heavy (non-hydrogen) atoms. The summed E-state index contributed by atoms with van der Waals surface area (Å²) >= 11 is 17.5. The van der Waals surface area contributed by atoms with Crippen LogP contribution in [0.1, 0.15) is 24.8 Å². The van der Waals surface area contributed by atoms with Crippen molar-refractivity contribution < 1.29 is 4.79 Å². The van der Waals surface area contributed by atoms with E-state index in [1.54, 1.807) is 12.1 Å². The van der Waals surface area contributed by atoms with Crippen LogP contribution in [0, 0.1) is 6.92 Å². The lowest BCUT2D eigenvalue weighted by Gasteiger charge is -2.09. The van der Waals surface area contributed by atoms with Crippen LogP contribution in [0.5, 0.6) is 0 Å².